The van der Waals surface area contributed by atoms with Gasteiger partial charge in [0.1, 0.15) is 19.8 Å². The first-order valence-electron chi connectivity index (χ1n) is 22.5. The van der Waals surface area contributed by atoms with Gasteiger partial charge in [0.15, 0.2) is 0 Å². The molecule has 0 aromatic rings. The van der Waals surface area contributed by atoms with Crippen molar-refractivity contribution in [2.45, 2.75) is 194 Å². The van der Waals surface area contributed by atoms with Crippen molar-refractivity contribution in [1.82, 2.24) is 4.90 Å². The molecule has 0 bridgehead atoms. The Kier molecular flexibility index (Phi) is 39.4. The van der Waals surface area contributed by atoms with E-state index in [1.54, 1.807) is 0 Å². The van der Waals surface area contributed by atoms with Crippen LogP contribution >= 0.6 is 0 Å². The monoisotopic (exact) mass is 786 g/mol. The quantitative estimate of drug-likeness (QED) is 0.0360. The number of carbonyl (C=O) groups is 4. The molecule has 0 atom stereocenters. The minimum absolute atomic E-state index is 0.0339. The van der Waals surface area contributed by atoms with Crippen molar-refractivity contribution < 1.29 is 48.0 Å². The van der Waals surface area contributed by atoms with E-state index in [1.807, 2.05) is 0 Å². The molecule has 0 fully saturated rings. The zero-order chi connectivity index (χ0) is 40.5. The molecule has 0 aliphatic rings. The summed E-state index contributed by atoms with van der Waals surface area (Å²) in [6.07, 6.45) is 25.3. The number of rotatable bonds is 41. The Morgan fingerprint density at radius 1 is 0.418 bits per heavy atom. The maximum absolute atomic E-state index is 12.6. The number of carbonyl (C=O) groups excluding carboxylic acids is 4. The second-order valence-corrected chi connectivity index (χ2v) is 15.1. The maximum atomic E-state index is 12.6. The van der Waals surface area contributed by atoms with Gasteiger partial charge in [-0.25, -0.2) is 4.79 Å². The zero-order valence-corrected chi connectivity index (χ0v) is 35.6. The van der Waals surface area contributed by atoms with Gasteiger partial charge >= 0.3 is 24.1 Å². The Morgan fingerprint density at radius 2 is 0.745 bits per heavy atom. The highest BCUT2D eigenvalue weighted by Crippen LogP contribution is 2.12. The van der Waals surface area contributed by atoms with Gasteiger partial charge in [-0.05, 0) is 58.0 Å². The third-order valence-electron chi connectivity index (χ3n) is 9.74. The predicted molar refractivity (Wildman–Crippen MR) is 219 cm³/mol. The minimum Gasteiger partial charge on any atom is -0.465 e. The van der Waals surface area contributed by atoms with Gasteiger partial charge < -0.3 is 33.7 Å². The summed E-state index contributed by atoms with van der Waals surface area (Å²) >= 11 is 0. The number of nitrogens with zero attached hydrogens (tertiary/aromatic N) is 1. The smallest absolute Gasteiger partial charge is 0.465 e. The molecule has 0 amide bonds. The first-order chi connectivity index (χ1) is 26.9. The van der Waals surface area contributed by atoms with Gasteiger partial charge in [-0.15, -0.1) is 0 Å². The molecule has 0 unspecified atom stereocenters. The molecule has 1 N–H and O–H groups in total. The van der Waals surface area contributed by atoms with Crippen LogP contribution in [0.3, 0.4) is 0 Å². The molecule has 0 aromatic heterocycles. The third-order valence-corrected chi connectivity index (χ3v) is 9.74. The van der Waals surface area contributed by atoms with E-state index in [0.29, 0.717) is 39.0 Å². The maximum Gasteiger partial charge on any atom is 0.508 e. The summed E-state index contributed by atoms with van der Waals surface area (Å²) in [5, 5.41) is 9.53. The summed E-state index contributed by atoms with van der Waals surface area (Å²) < 4.78 is 26.9. The summed E-state index contributed by atoms with van der Waals surface area (Å²) in [4.78, 5) is 51.2. The molecule has 0 heterocycles. The van der Waals surface area contributed by atoms with Crippen molar-refractivity contribution in [3.05, 3.63) is 0 Å². The van der Waals surface area contributed by atoms with Crippen LogP contribution in [0, 0.1) is 5.92 Å². The van der Waals surface area contributed by atoms with Crippen molar-refractivity contribution in [3.63, 3.8) is 0 Å². The van der Waals surface area contributed by atoms with Crippen LogP contribution in [0.2, 0.25) is 0 Å². The lowest BCUT2D eigenvalue weighted by molar-refractivity contribution is -0.153. The SMILES string of the molecule is CCCCCCCCCOC(=O)OCCCCCCN(CCO)CCCCCC(=O)OCC(COC(=O)CCCCCCC)COC(=O)CCCCCCC. The topological polar surface area (TPSA) is 138 Å². The molecular weight excluding hydrogens is 702 g/mol. The van der Waals surface area contributed by atoms with E-state index in [9.17, 15) is 24.3 Å². The summed E-state index contributed by atoms with van der Waals surface area (Å²) in [7, 11) is 0. The molecule has 0 aromatic carbocycles. The van der Waals surface area contributed by atoms with E-state index in [2.05, 4.69) is 25.7 Å². The van der Waals surface area contributed by atoms with Gasteiger partial charge in [0, 0.05) is 25.8 Å². The number of esters is 3. The number of aliphatic hydroxyl groups is 1. The van der Waals surface area contributed by atoms with Crippen LogP contribution in [0.4, 0.5) is 4.79 Å². The van der Waals surface area contributed by atoms with Gasteiger partial charge in [-0.3, -0.25) is 14.4 Å². The Labute approximate surface area is 335 Å². The molecule has 11 nitrogen and oxygen atoms in total. The van der Waals surface area contributed by atoms with Crippen molar-refractivity contribution in [3.8, 4) is 0 Å². The lowest BCUT2D eigenvalue weighted by atomic mass is 10.1. The molecule has 0 spiro atoms. The zero-order valence-electron chi connectivity index (χ0n) is 35.6. The second-order valence-electron chi connectivity index (χ2n) is 15.1. The largest absolute Gasteiger partial charge is 0.508 e. The molecule has 55 heavy (non-hydrogen) atoms. The minimum atomic E-state index is -0.569. The average Bonchev–Trinajstić information content (AvgIpc) is 3.17. The van der Waals surface area contributed by atoms with Crippen LogP contribution in [0.1, 0.15) is 194 Å². The number of hydrogen-bond acceptors (Lipinski definition) is 11. The van der Waals surface area contributed by atoms with Gasteiger partial charge in [0.05, 0.1) is 25.7 Å². The Balaban J connectivity index is 4.25. The molecule has 0 aliphatic heterocycles. The summed E-state index contributed by atoms with van der Waals surface area (Å²) in [6.45, 7) is 9.90. The van der Waals surface area contributed by atoms with Crippen molar-refractivity contribution >= 4 is 24.1 Å². The van der Waals surface area contributed by atoms with E-state index in [4.69, 9.17) is 23.7 Å². The highest BCUT2D eigenvalue weighted by molar-refractivity contribution is 5.70. The van der Waals surface area contributed by atoms with E-state index < -0.39 is 12.1 Å². The van der Waals surface area contributed by atoms with Gasteiger partial charge in [0.2, 0.25) is 0 Å². The predicted octanol–water partition coefficient (Wildman–Crippen LogP) is 10.3. The van der Waals surface area contributed by atoms with Gasteiger partial charge in [-0.1, -0.05) is 130 Å². The molecule has 0 saturated carbocycles. The molecule has 324 valence electrons. The Hall–Kier alpha value is -2.40. The van der Waals surface area contributed by atoms with Crippen LogP contribution in [0.5, 0.6) is 0 Å². The number of hydrogen-bond donors (Lipinski definition) is 1. The fraction of sp³-hybridized carbons (Fsp3) is 0.909. The lowest BCUT2D eigenvalue weighted by Crippen LogP contribution is -2.29. The molecular formula is C44H83NO10. The van der Waals surface area contributed by atoms with Crippen LogP contribution in [-0.4, -0.2) is 93.3 Å². The molecule has 0 aliphatic carbocycles. The van der Waals surface area contributed by atoms with E-state index in [-0.39, 0.29) is 50.8 Å². The number of aliphatic hydroxyl groups excluding tert-OH is 1. The normalized spacial score (nSPS) is 11.2. The molecule has 0 radical (unpaired) electrons. The molecule has 0 saturated heterocycles. The third kappa shape index (κ3) is 38.3. The number of unbranched alkanes of at least 4 members (excludes halogenated alkanes) is 19. The van der Waals surface area contributed by atoms with E-state index >= 15 is 0 Å². The number of ether oxygens (including phenoxy) is 5. The fourth-order valence-corrected chi connectivity index (χ4v) is 6.20. The van der Waals surface area contributed by atoms with Crippen LogP contribution < -0.4 is 0 Å². The highest BCUT2D eigenvalue weighted by Gasteiger charge is 2.18. The molecule has 11 heteroatoms. The van der Waals surface area contributed by atoms with Crippen LogP contribution in [0.15, 0.2) is 0 Å². The van der Waals surface area contributed by atoms with Crippen LogP contribution in [0.25, 0.3) is 0 Å². The summed E-state index contributed by atoms with van der Waals surface area (Å²) in [6, 6.07) is 0. The first kappa shape index (κ1) is 52.6. The summed E-state index contributed by atoms with van der Waals surface area (Å²) in [5.74, 6) is -1.27. The van der Waals surface area contributed by atoms with E-state index in [1.165, 1.54) is 32.1 Å². The fourth-order valence-electron chi connectivity index (χ4n) is 6.20. The van der Waals surface area contributed by atoms with Crippen molar-refractivity contribution in [1.29, 1.82) is 0 Å². The summed E-state index contributed by atoms with van der Waals surface area (Å²) in [5.41, 5.74) is 0. The lowest BCUT2D eigenvalue weighted by Gasteiger charge is -2.21. The standard InChI is InChI=1S/C44H83NO10/c1-4-7-10-13-14-18-26-35-51-44(50)52-36-27-19-17-24-31-45(33-34-46)32-25-20-23-30-43(49)55-39-40(37-53-41(47)28-21-15-11-8-5-2)38-54-42(48)29-22-16-12-9-6-3/h40,46H,4-39H2,1-3H3. The van der Waals surface area contributed by atoms with Crippen molar-refractivity contribution in [2.75, 3.05) is 59.3 Å². The van der Waals surface area contributed by atoms with Crippen LogP contribution in [-0.2, 0) is 38.1 Å². The van der Waals surface area contributed by atoms with Gasteiger partial charge in [0.25, 0.3) is 0 Å². The van der Waals surface area contributed by atoms with Gasteiger partial charge in [-0.2, -0.15) is 0 Å². The Morgan fingerprint density at radius 3 is 1.13 bits per heavy atom. The second kappa shape index (κ2) is 41.2. The first-order valence-corrected chi connectivity index (χ1v) is 22.5. The van der Waals surface area contributed by atoms with Crippen molar-refractivity contribution in [2.24, 2.45) is 5.92 Å². The highest BCUT2D eigenvalue weighted by atomic mass is 16.7. The molecule has 0 rings (SSSR count). The Bertz CT molecular complexity index is 872. The average molecular weight is 786 g/mol. The van der Waals surface area contributed by atoms with E-state index in [0.717, 1.165) is 129 Å².